The predicted octanol–water partition coefficient (Wildman–Crippen LogP) is 2.52. The molecule has 1 heterocycles. The highest BCUT2D eigenvalue weighted by molar-refractivity contribution is 5.97. The number of carbonyl (C=O) groups excluding carboxylic acids is 1. The summed E-state index contributed by atoms with van der Waals surface area (Å²) in [5.41, 5.74) is 0.767. The first-order valence-electron chi connectivity index (χ1n) is 5.65. The van der Waals surface area contributed by atoms with E-state index >= 15 is 0 Å². The minimum absolute atomic E-state index is 0. The molecule has 0 spiro atoms. The van der Waals surface area contributed by atoms with Gasteiger partial charge in [-0.1, -0.05) is 36.4 Å². The zero-order chi connectivity index (χ0) is 12.1. The Labute approximate surface area is 114 Å². The SMILES string of the molecule is C=CCN1C=CN(CC(=O)c2ccccc2)C1.Cl. The second kappa shape index (κ2) is 6.87. The van der Waals surface area contributed by atoms with Gasteiger partial charge < -0.3 is 9.80 Å². The van der Waals surface area contributed by atoms with Crippen molar-refractivity contribution in [1.29, 1.82) is 0 Å². The Hall–Kier alpha value is -1.74. The average molecular weight is 265 g/mol. The van der Waals surface area contributed by atoms with Crippen molar-refractivity contribution in [2.24, 2.45) is 0 Å². The molecule has 0 aromatic heterocycles. The molecule has 0 aliphatic carbocycles. The van der Waals surface area contributed by atoms with Gasteiger partial charge in [0.15, 0.2) is 5.78 Å². The molecule has 18 heavy (non-hydrogen) atoms. The third kappa shape index (κ3) is 3.64. The van der Waals surface area contributed by atoms with E-state index in [-0.39, 0.29) is 18.2 Å². The highest BCUT2D eigenvalue weighted by atomic mass is 35.5. The first-order chi connectivity index (χ1) is 8.29. The van der Waals surface area contributed by atoms with Gasteiger partial charge in [-0.25, -0.2) is 0 Å². The van der Waals surface area contributed by atoms with Crippen LogP contribution in [0.15, 0.2) is 55.4 Å². The van der Waals surface area contributed by atoms with E-state index in [1.54, 1.807) is 0 Å². The standard InChI is InChI=1S/C14H16N2O.ClH/c1-2-8-15-9-10-16(12-15)11-14(17)13-6-4-3-5-7-13;/h2-7,9-10H,1,8,11-12H2;1H. The van der Waals surface area contributed by atoms with E-state index in [9.17, 15) is 4.79 Å². The Kier molecular flexibility index (Phi) is 5.46. The molecule has 0 saturated carbocycles. The molecule has 0 radical (unpaired) electrons. The number of halogens is 1. The van der Waals surface area contributed by atoms with Crippen LogP contribution < -0.4 is 0 Å². The number of ketones is 1. The van der Waals surface area contributed by atoms with Crippen LogP contribution in [-0.2, 0) is 0 Å². The zero-order valence-corrected chi connectivity index (χ0v) is 11.0. The topological polar surface area (TPSA) is 23.6 Å². The highest BCUT2D eigenvalue weighted by Gasteiger charge is 2.14. The molecule has 0 saturated heterocycles. The summed E-state index contributed by atoms with van der Waals surface area (Å²) in [7, 11) is 0. The molecule has 1 aliphatic rings. The quantitative estimate of drug-likeness (QED) is 0.603. The molecule has 4 heteroatoms. The Balaban J connectivity index is 0.00000162. The molecule has 2 rings (SSSR count). The molecule has 0 fully saturated rings. The van der Waals surface area contributed by atoms with Gasteiger partial charge in [-0.3, -0.25) is 4.79 Å². The lowest BCUT2D eigenvalue weighted by atomic mass is 10.1. The van der Waals surface area contributed by atoms with E-state index in [2.05, 4.69) is 11.5 Å². The van der Waals surface area contributed by atoms with Crippen LogP contribution in [0.25, 0.3) is 0 Å². The number of hydrogen-bond donors (Lipinski definition) is 0. The monoisotopic (exact) mass is 264 g/mol. The third-order valence-electron chi connectivity index (χ3n) is 2.66. The lowest BCUT2D eigenvalue weighted by molar-refractivity contribution is 0.0947. The van der Waals surface area contributed by atoms with Crippen molar-refractivity contribution in [3.63, 3.8) is 0 Å². The second-order valence-electron chi connectivity index (χ2n) is 4.04. The van der Waals surface area contributed by atoms with Gasteiger partial charge >= 0.3 is 0 Å². The summed E-state index contributed by atoms with van der Waals surface area (Å²) in [6, 6.07) is 9.39. The molecule has 0 bridgehead atoms. The van der Waals surface area contributed by atoms with Crippen molar-refractivity contribution in [2.45, 2.75) is 0 Å². The van der Waals surface area contributed by atoms with E-state index in [1.807, 2.05) is 53.7 Å². The third-order valence-corrected chi connectivity index (χ3v) is 2.66. The minimum atomic E-state index is 0. The van der Waals surface area contributed by atoms with E-state index < -0.39 is 0 Å². The van der Waals surface area contributed by atoms with Gasteiger partial charge in [0.05, 0.1) is 13.2 Å². The Bertz CT molecular complexity index is 431. The van der Waals surface area contributed by atoms with Crippen molar-refractivity contribution in [1.82, 2.24) is 9.80 Å². The van der Waals surface area contributed by atoms with Crippen molar-refractivity contribution >= 4 is 18.2 Å². The molecule has 0 atom stereocenters. The lowest BCUT2D eigenvalue weighted by Crippen LogP contribution is -2.29. The van der Waals surface area contributed by atoms with E-state index in [4.69, 9.17) is 0 Å². The van der Waals surface area contributed by atoms with Crippen LogP contribution in [0, 0.1) is 0 Å². The van der Waals surface area contributed by atoms with Crippen LogP contribution in [0.1, 0.15) is 10.4 Å². The molecule has 1 aromatic rings. The maximum atomic E-state index is 12.0. The average Bonchev–Trinajstić information content (AvgIpc) is 2.78. The van der Waals surface area contributed by atoms with Crippen molar-refractivity contribution in [3.05, 3.63) is 61.0 Å². The predicted molar refractivity (Wildman–Crippen MR) is 75.6 cm³/mol. The van der Waals surface area contributed by atoms with Crippen LogP contribution in [0.3, 0.4) is 0 Å². The summed E-state index contributed by atoms with van der Waals surface area (Å²) in [6.07, 6.45) is 5.79. The summed E-state index contributed by atoms with van der Waals surface area (Å²) >= 11 is 0. The van der Waals surface area contributed by atoms with Crippen molar-refractivity contribution in [2.75, 3.05) is 19.8 Å². The molecule has 0 unspecified atom stereocenters. The first kappa shape index (κ1) is 14.3. The number of Topliss-reactive ketones (excluding diaryl/α,β-unsaturated/α-hetero) is 1. The molecule has 96 valence electrons. The highest BCUT2D eigenvalue weighted by Crippen LogP contribution is 2.08. The fourth-order valence-corrected chi connectivity index (χ4v) is 1.80. The molecule has 1 aliphatic heterocycles. The lowest BCUT2D eigenvalue weighted by Gasteiger charge is -2.19. The second-order valence-corrected chi connectivity index (χ2v) is 4.04. The first-order valence-corrected chi connectivity index (χ1v) is 5.65. The fourth-order valence-electron chi connectivity index (χ4n) is 1.80. The number of rotatable bonds is 5. The molecule has 0 amide bonds. The number of hydrogen-bond acceptors (Lipinski definition) is 3. The van der Waals surface area contributed by atoms with E-state index in [0.717, 1.165) is 18.8 Å². The number of carbonyl (C=O) groups is 1. The van der Waals surface area contributed by atoms with Gasteiger partial charge in [-0.05, 0) is 0 Å². The molecule has 3 nitrogen and oxygen atoms in total. The summed E-state index contributed by atoms with van der Waals surface area (Å²) in [5.74, 6) is 0.149. The largest absolute Gasteiger partial charge is 0.355 e. The molecular formula is C14H17ClN2O. The van der Waals surface area contributed by atoms with Crippen LogP contribution in [-0.4, -0.2) is 35.3 Å². The van der Waals surface area contributed by atoms with Gasteiger partial charge in [0, 0.05) is 24.5 Å². The van der Waals surface area contributed by atoms with Crippen molar-refractivity contribution < 1.29 is 4.79 Å². The van der Waals surface area contributed by atoms with E-state index in [1.165, 1.54) is 0 Å². The maximum Gasteiger partial charge on any atom is 0.182 e. The number of nitrogens with zero attached hydrogens (tertiary/aromatic N) is 2. The number of benzene rings is 1. The smallest absolute Gasteiger partial charge is 0.182 e. The summed E-state index contributed by atoms with van der Waals surface area (Å²) in [4.78, 5) is 16.1. The van der Waals surface area contributed by atoms with Gasteiger partial charge in [0.25, 0.3) is 0 Å². The van der Waals surface area contributed by atoms with Crippen LogP contribution in [0.2, 0.25) is 0 Å². The Morgan fingerprint density at radius 2 is 1.89 bits per heavy atom. The maximum absolute atomic E-state index is 12.0. The summed E-state index contributed by atoms with van der Waals surface area (Å²) in [5, 5.41) is 0. The Morgan fingerprint density at radius 1 is 1.22 bits per heavy atom. The fraction of sp³-hybridized carbons (Fsp3) is 0.214. The molecular weight excluding hydrogens is 248 g/mol. The zero-order valence-electron chi connectivity index (χ0n) is 10.2. The van der Waals surface area contributed by atoms with E-state index in [0.29, 0.717) is 6.54 Å². The van der Waals surface area contributed by atoms with Gasteiger partial charge in [-0.15, -0.1) is 19.0 Å². The van der Waals surface area contributed by atoms with Crippen molar-refractivity contribution in [3.8, 4) is 0 Å². The summed E-state index contributed by atoms with van der Waals surface area (Å²) in [6.45, 7) is 5.69. The van der Waals surface area contributed by atoms with Gasteiger partial charge in [0.1, 0.15) is 0 Å². The van der Waals surface area contributed by atoms with Crippen LogP contribution in [0.5, 0.6) is 0 Å². The molecule has 0 N–H and O–H groups in total. The minimum Gasteiger partial charge on any atom is -0.355 e. The summed E-state index contributed by atoms with van der Waals surface area (Å²) < 4.78 is 0. The van der Waals surface area contributed by atoms with Crippen LogP contribution >= 0.6 is 12.4 Å². The Morgan fingerprint density at radius 3 is 2.56 bits per heavy atom. The normalized spacial score (nSPS) is 13.3. The van der Waals surface area contributed by atoms with Gasteiger partial charge in [0.2, 0.25) is 0 Å². The molecule has 1 aromatic carbocycles. The van der Waals surface area contributed by atoms with Gasteiger partial charge in [-0.2, -0.15) is 0 Å². The van der Waals surface area contributed by atoms with Crippen LogP contribution in [0.4, 0.5) is 0 Å².